The highest BCUT2D eigenvalue weighted by atomic mass is 32.1. The Bertz CT molecular complexity index is 376. The van der Waals surface area contributed by atoms with Crippen molar-refractivity contribution in [2.24, 2.45) is 16.6 Å². The van der Waals surface area contributed by atoms with E-state index < -0.39 is 0 Å². The smallest absolute Gasteiger partial charge is 0.188 e. The molecule has 1 rings (SSSR count). The van der Waals surface area contributed by atoms with Crippen molar-refractivity contribution >= 4 is 17.3 Å². The molecule has 0 bridgehead atoms. The van der Waals surface area contributed by atoms with Crippen LogP contribution in [0.5, 0.6) is 0 Å². The van der Waals surface area contributed by atoms with Gasteiger partial charge in [0.1, 0.15) is 0 Å². The van der Waals surface area contributed by atoms with Gasteiger partial charge in [-0.05, 0) is 37.1 Å². The fraction of sp³-hybridized carbons (Fsp3) is 0.667. The normalized spacial score (nSPS) is 13.7. The zero-order valence-electron chi connectivity index (χ0n) is 12.8. The van der Waals surface area contributed by atoms with Crippen LogP contribution in [-0.2, 0) is 11.2 Å². The van der Waals surface area contributed by atoms with Gasteiger partial charge in [0.05, 0.1) is 6.10 Å². The number of aliphatic imine (C=N–C) groups is 1. The Kier molecular flexibility index (Phi) is 8.30. The third kappa shape index (κ3) is 6.91. The number of nitrogens with zero attached hydrogens (tertiary/aromatic N) is 1. The predicted molar refractivity (Wildman–Crippen MR) is 87.4 cm³/mol. The lowest BCUT2D eigenvalue weighted by atomic mass is 10.0. The number of nitrogens with one attached hydrogen (secondary N) is 1. The molecule has 1 atom stereocenters. The van der Waals surface area contributed by atoms with E-state index >= 15 is 0 Å². The topological polar surface area (TPSA) is 59.6 Å². The molecule has 0 aromatic carbocycles. The molecule has 4 nitrogen and oxygen atoms in total. The van der Waals surface area contributed by atoms with Crippen molar-refractivity contribution in [3.8, 4) is 0 Å². The zero-order chi connectivity index (χ0) is 14.8. The number of thiophene rings is 1. The predicted octanol–water partition coefficient (Wildman–Crippen LogP) is 2.65. The highest BCUT2D eigenvalue weighted by Crippen LogP contribution is 2.10. The molecule has 0 aliphatic rings. The molecule has 0 spiro atoms. The van der Waals surface area contributed by atoms with Gasteiger partial charge < -0.3 is 15.8 Å². The first-order valence-corrected chi connectivity index (χ1v) is 8.19. The summed E-state index contributed by atoms with van der Waals surface area (Å²) >= 11 is 1.77. The lowest BCUT2D eigenvalue weighted by Gasteiger charge is -2.19. The van der Waals surface area contributed by atoms with E-state index in [2.05, 4.69) is 41.7 Å². The largest absolute Gasteiger partial charge is 0.378 e. The van der Waals surface area contributed by atoms with Crippen molar-refractivity contribution in [1.82, 2.24) is 5.32 Å². The van der Waals surface area contributed by atoms with Crippen LogP contribution in [-0.4, -0.2) is 31.8 Å². The van der Waals surface area contributed by atoms with Gasteiger partial charge in [0.25, 0.3) is 0 Å². The molecule has 114 valence electrons. The van der Waals surface area contributed by atoms with Crippen molar-refractivity contribution in [3.05, 3.63) is 22.4 Å². The van der Waals surface area contributed by atoms with Crippen LogP contribution in [0.25, 0.3) is 0 Å². The Labute approximate surface area is 126 Å². The molecule has 0 fully saturated rings. The molecule has 1 heterocycles. The van der Waals surface area contributed by atoms with Crippen LogP contribution in [0.3, 0.4) is 0 Å². The molecule has 20 heavy (non-hydrogen) atoms. The summed E-state index contributed by atoms with van der Waals surface area (Å²) in [5.41, 5.74) is 5.85. The van der Waals surface area contributed by atoms with Gasteiger partial charge in [-0.1, -0.05) is 19.9 Å². The summed E-state index contributed by atoms with van der Waals surface area (Å²) in [7, 11) is 0. The van der Waals surface area contributed by atoms with Gasteiger partial charge in [0.2, 0.25) is 0 Å². The SMILES string of the molecule is CCOC(CCN=C(N)NCCc1cccs1)C(C)C. The van der Waals surface area contributed by atoms with E-state index in [0.717, 1.165) is 26.0 Å². The summed E-state index contributed by atoms with van der Waals surface area (Å²) in [6, 6.07) is 4.20. The van der Waals surface area contributed by atoms with E-state index in [4.69, 9.17) is 10.5 Å². The van der Waals surface area contributed by atoms with E-state index in [0.29, 0.717) is 18.4 Å². The van der Waals surface area contributed by atoms with Gasteiger partial charge in [-0.2, -0.15) is 0 Å². The number of rotatable bonds is 9. The summed E-state index contributed by atoms with van der Waals surface area (Å²) in [6.45, 7) is 8.66. The minimum atomic E-state index is 0.266. The van der Waals surface area contributed by atoms with Gasteiger partial charge in [0.15, 0.2) is 5.96 Å². The van der Waals surface area contributed by atoms with Crippen LogP contribution >= 0.6 is 11.3 Å². The van der Waals surface area contributed by atoms with E-state index in [9.17, 15) is 0 Å². The maximum Gasteiger partial charge on any atom is 0.188 e. The van der Waals surface area contributed by atoms with Crippen molar-refractivity contribution in [2.75, 3.05) is 19.7 Å². The number of ether oxygens (including phenoxy) is 1. The monoisotopic (exact) mass is 297 g/mol. The molecule has 3 N–H and O–H groups in total. The Balaban J connectivity index is 2.20. The van der Waals surface area contributed by atoms with Crippen LogP contribution < -0.4 is 11.1 Å². The first-order chi connectivity index (χ1) is 9.63. The van der Waals surface area contributed by atoms with Crippen LogP contribution in [0, 0.1) is 5.92 Å². The van der Waals surface area contributed by atoms with E-state index in [-0.39, 0.29) is 6.10 Å². The fourth-order valence-electron chi connectivity index (χ4n) is 1.96. The number of nitrogens with two attached hydrogens (primary N) is 1. The fourth-order valence-corrected chi connectivity index (χ4v) is 2.67. The van der Waals surface area contributed by atoms with E-state index in [1.54, 1.807) is 11.3 Å². The van der Waals surface area contributed by atoms with E-state index in [1.165, 1.54) is 4.88 Å². The Morgan fingerprint density at radius 1 is 1.50 bits per heavy atom. The first-order valence-electron chi connectivity index (χ1n) is 7.31. The second-order valence-corrected chi connectivity index (χ2v) is 6.08. The van der Waals surface area contributed by atoms with Gasteiger partial charge in [-0.15, -0.1) is 11.3 Å². The Hall–Kier alpha value is -1.07. The summed E-state index contributed by atoms with van der Waals surface area (Å²) in [6.07, 6.45) is 2.17. The molecule has 0 saturated carbocycles. The quantitative estimate of drug-likeness (QED) is 0.544. The summed E-state index contributed by atoms with van der Waals surface area (Å²) < 4.78 is 5.69. The van der Waals surface area contributed by atoms with Crippen molar-refractivity contribution in [2.45, 2.75) is 39.7 Å². The number of hydrogen-bond donors (Lipinski definition) is 2. The highest BCUT2D eigenvalue weighted by Gasteiger charge is 2.12. The lowest BCUT2D eigenvalue weighted by molar-refractivity contribution is 0.0266. The van der Waals surface area contributed by atoms with Gasteiger partial charge >= 0.3 is 0 Å². The third-order valence-corrected chi connectivity index (χ3v) is 4.01. The molecule has 5 heteroatoms. The number of guanidine groups is 1. The van der Waals surface area contributed by atoms with Gasteiger partial charge in [-0.25, -0.2) is 0 Å². The van der Waals surface area contributed by atoms with Crippen molar-refractivity contribution < 1.29 is 4.74 Å². The van der Waals surface area contributed by atoms with Crippen molar-refractivity contribution in [1.29, 1.82) is 0 Å². The maximum absolute atomic E-state index is 5.85. The molecule has 0 radical (unpaired) electrons. The van der Waals surface area contributed by atoms with Crippen LogP contribution in [0.1, 0.15) is 32.1 Å². The van der Waals surface area contributed by atoms with Gasteiger partial charge in [0, 0.05) is 24.6 Å². The lowest BCUT2D eigenvalue weighted by Crippen LogP contribution is -2.33. The average molecular weight is 297 g/mol. The standard InChI is InChI=1S/C15H27N3OS/c1-4-19-14(12(2)3)8-10-18-15(16)17-9-7-13-6-5-11-20-13/h5-6,11-12,14H,4,7-10H2,1-3H3,(H3,16,17,18). The van der Waals surface area contributed by atoms with Crippen LogP contribution in [0.15, 0.2) is 22.5 Å². The molecular weight excluding hydrogens is 270 g/mol. The second kappa shape index (κ2) is 9.77. The van der Waals surface area contributed by atoms with Crippen molar-refractivity contribution in [3.63, 3.8) is 0 Å². The third-order valence-electron chi connectivity index (χ3n) is 3.08. The Morgan fingerprint density at radius 2 is 2.30 bits per heavy atom. The molecule has 0 aliphatic heterocycles. The van der Waals surface area contributed by atoms with Gasteiger partial charge in [-0.3, -0.25) is 4.99 Å². The van der Waals surface area contributed by atoms with E-state index in [1.807, 2.05) is 6.92 Å². The molecule has 1 unspecified atom stereocenters. The molecule has 0 saturated heterocycles. The minimum absolute atomic E-state index is 0.266. The second-order valence-electron chi connectivity index (χ2n) is 5.05. The number of hydrogen-bond acceptors (Lipinski definition) is 3. The van der Waals surface area contributed by atoms with Crippen LogP contribution in [0.2, 0.25) is 0 Å². The summed E-state index contributed by atoms with van der Waals surface area (Å²) in [5.74, 6) is 1.04. The Morgan fingerprint density at radius 3 is 2.90 bits per heavy atom. The highest BCUT2D eigenvalue weighted by molar-refractivity contribution is 7.09. The molecule has 1 aromatic heterocycles. The average Bonchev–Trinajstić information content (AvgIpc) is 2.90. The molecule has 0 amide bonds. The van der Waals surface area contributed by atoms with Crippen LogP contribution in [0.4, 0.5) is 0 Å². The maximum atomic E-state index is 5.85. The molecular formula is C15H27N3OS. The minimum Gasteiger partial charge on any atom is -0.378 e. The molecule has 0 aliphatic carbocycles. The summed E-state index contributed by atoms with van der Waals surface area (Å²) in [4.78, 5) is 5.72. The summed E-state index contributed by atoms with van der Waals surface area (Å²) in [5, 5.41) is 5.24. The first kappa shape index (κ1) is 17.0. The molecule has 1 aromatic rings. The zero-order valence-corrected chi connectivity index (χ0v) is 13.6.